The second-order valence-corrected chi connectivity index (χ2v) is 5.74. The summed E-state index contributed by atoms with van der Waals surface area (Å²) in [5.74, 6) is 0.440. The van der Waals surface area contributed by atoms with E-state index in [0.29, 0.717) is 11.3 Å². The van der Waals surface area contributed by atoms with E-state index in [1.54, 1.807) is 0 Å². The van der Waals surface area contributed by atoms with E-state index in [1.807, 2.05) is 0 Å². The molecule has 1 unspecified atom stereocenters. The Morgan fingerprint density at radius 1 is 1.50 bits per heavy atom. The smallest absolute Gasteiger partial charge is 1.00 e. The minimum atomic E-state index is -0.274. The molecule has 0 amide bonds. The zero-order valence-electron chi connectivity index (χ0n) is 12.6. The summed E-state index contributed by atoms with van der Waals surface area (Å²) in [6.07, 6.45) is 4.85. The average molecular weight is 250 g/mol. The number of carbonyl (C=O) groups is 1. The van der Waals surface area contributed by atoms with Crippen LogP contribution < -0.4 is 0 Å². The zero-order chi connectivity index (χ0) is 11.3. The Kier molecular flexibility index (Phi) is 4.20. The number of carbonyl (C=O) groups excluding carboxylic acids is 1. The molecule has 88 valence electrons. The Hall–Kier alpha value is 0.470. The predicted octanol–water partition coefficient (Wildman–Crippen LogP) is 2.77. The largest absolute Gasteiger partial charge is 2.00 e. The molecule has 2 saturated carbocycles. The topological polar surface area (TPSA) is 26.3 Å². The number of hydrogen-bond acceptors (Lipinski definition) is 2. The molecule has 0 aliphatic heterocycles. The Morgan fingerprint density at radius 3 is 2.50 bits per heavy atom. The van der Waals surface area contributed by atoms with Gasteiger partial charge in [0.05, 0.1) is 0 Å². The van der Waals surface area contributed by atoms with E-state index in [0.717, 1.165) is 6.42 Å². The molecule has 0 N–H and O–H groups in total. The third kappa shape index (κ3) is 1.87. The van der Waals surface area contributed by atoms with Gasteiger partial charge in [0, 0.05) is 11.5 Å². The van der Waals surface area contributed by atoms with Gasteiger partial charge in [0.25, 0.3) is 0 Å². The van der Waals surface area contributed by atoms with Gasteiger partial charge in [0.2, 0.25) is 0 Å². The van der Waals surface area contributed by atoms with Crippen molar-refractivity contribution in [1.29, 1.82) is 0 Å². The quantitative estimate of drug-likeness (QED) is 0.428. The van der Waals surface area contributed by atoms with Crippen LogP contribution in [0.2, 0.25) is 0 Å². The first-order valence-corrected chi connectivity index (χ1v) is 5.75. The maximum Gasteiger partial charge on any atom is 2.00 e. The number of hydrogen-bond donors (Lipinski definition) is 0. The van der Waals surface area contributed by atoms with Crippen LogP contribution in [-0.4, -0.2) is 49.8 Å². The molecule has 0 saturated heterocycles. The maximum absolute atomic E-state index is 11.3. The molecule has 3 atom stereocenters. The molecule has 2 aliphatic carbocycles. The molecule has 0 radical (unpaired) electrons. The summed E-state index contributed by atoms with van der Waals surface area (Å²) in [4.78, 5) is 11.3. The predicted molar refractivity (Wildman–Crippen MR) is 67.3 cm³/mol. The summed E-state index contributed by atoms with van der Waals surface area (Å²) in [6, 6.07) is 0. The molecule has 2 rings (SSSR count). The minimum absolute atomic E-state index is 0. The molecule has 3 heteroatoms. The molecule has 2 bridgehead atoms. The fourth-order valence-corrected chi connectivity index (χ4v) is 3.50. The summed E-state index contributed by atoms with van der Waals surface area (Å²) in [5.41, 5.74) is 0.468. The van der Waals surface area contributed by atoms with E-state index < -0.39 is 0 Å². The minimum Gasteiger partial charge on any atom is -1.00 e. The van der Waals surface area contributed by atoms with E-state index >= 15 is 0 Å². The Bertz CT molecular complexity index is 320. The SMILES string of the molecule is C=CC(=O)OC1C[C@H]2CC[C@@]1(C)C2(C)C.[Ca+2].[H-].[H-]. The third-order valence-corrected chi connectivity index (χ3v) is 5.14. The van der Waals surface area contributed by atoms with Crippen LogP contribution in [0, 0.1) is 16.7 Å². The van der Waals surface area contributed by atoms with Gasteiger partial charge in [0.15, 0.2) is 0 Å². The number of rotatable bonds is 2. The van der Waals surface area contributed by atoms with E-state index in [1.165, 1.54) is 18.9 Å². The number of esters is 1. The van der Waals surface area contributed by atoms with Crippen molar-refractivity contribution < 1.29 is 12.4 Å². The number of fused-ring (bicyclic) bond motifs is 2. The first kappa shape index (κ1) is 14.5. The zero-order valence-corrected chi connectivity index (χ0v) is 12.8. The van der Waals surface area contributed by atoms with Gasteiger partial charge in [-0.2, -0.15) is 0 Å². The fraction of sp³-hybridized carbons (Fsp3) is 0.769. The second-order valence-electron chi connectivity index (χ2n) is 5.74. The van der Waals surface area contributed by atoms with Gasteiger partial charge in [-0.3, -0.25) is 0 Å². The van der Waals surface area contributed by atoms with Gasteiger partial charge < -0.3 is 7.59 Å². The first-order chi connectivity index (χ1) is 6.91. The van der Waals surface area contributed by atoms with E-state index in [-0.39, 0.29) is 58.1 Å². The van der Waals surface area contributed by atoms with Crippen molar-refractivity contribution in [3.8, 4) is 0 Å². The summed E-state index contributed by atoms with van der Waals surface area (Å²) >= 11 is 0. The van der Waals surface area contributed by atoms with Crippen LogP contribution in [0.5, 0.6) is 0 Å². The molecular weight excluding hydrogens is 228 g/mol. The van der Waals surface area contributed by atoms with Crippen LogP contribution in [0.15, 0.2) is 12.7 Å². The van der Waals surface area contributed by atoms with Crippen molar-refractivity contribution in [2.24, 2.45) is 16.7 Å². The Labute approximate surface area is 131 Å². The number of ether oxygens (including phenoxy) is 1. The van der Waals surface area contributed by atoms with Crippen LogP contribution in [0.1, 0.15) is 42.9 Å². The van der Waals surface area contributed by atoms with Crippen LogP contribution >= 0.6 is 0 Å². The van der Waals surface area contributed by atoms with Crippen molar-refractivity contribution in [3.63, 3.8) is 0 Å². The Balaban J connectivity index is 0. The van der Waals surface area contributed by atoms with E-state index in [9.17, 15) is 4.79 Å². The first-order valence-electron chi connectivity index (χ1n) is 5.75. The van der Waals surface area contributed by atoms with Gasteiger partial charge in [-0.1, -0.05) is 27.4 Å². The molecule has 0 heterocycles. The molecule has 2 nitrogen and oxygen atoms in total. The molecule has 0 aromatic rings. The van der Waals surface area contributed by atoms with Gasteiger partial charge in [-0.15, -0.1) is 0 Å². The summed E-state index contributed by atoms with van der Waals surface area (Å²) in [6.45, 7) is 10.3. The molecule has 2 fully saturated rings. The third-order valence-electron chi connectivity index (χ3n) is 5.14. The van der Waals surface area contributed by atoms with Crippen LogP contribution in [-0.2, 0) is 9.53 Å². The van der Waals surface area contributed by atoms with Gasteiger partial charge in [-0.05, 0) is 30.6 Å². The maximum atomic E-state index is 11.3. The fourth-order valence-electron chi connectivity index (χ4n) is 3.50. The monoisotopic (exact) mass is 250 g/mol. The molecule has 16 heavy (non-hydrogen) atoms. The molecule has 2 aliphatic rings. The van der Waals surface area contributed by atoms with Gasteiger partial charge >= 0.3 is 43.7 Å². The van der Waals surface area contributed by atoms with Crippen LogP contribution in [0.4, 0.5) is 0 Å². The Morgan fingerprint density at radius 2 is 2.12 bits per heavy atom. The second kappa shape index (κ2) is 4.62. The average Bonchev–Trinajstić information content (AvgIpc) is 2.50. The van der Waals surface area contributed by atoms with E-state index in [4.69, 9.17) is 4.74 Å². The van der Waals surface area contributed by atoms with Crippen molar-refractivity contribution in [2.75, 3.05) is 0 Å². The summed E-state index contributed by atoms with van der Waals surface area (Å²) < 4.78 is 5.48. The normalized spacial score (nSPS) is 38.9. The van der Waals surface area contributed by atoms with Crippen LogP contribution in [0.3, 0.4) is 0 Å². The molecular formula is C13H22CaO2. The molecule has 0 aromatic carbocycles. The van der Waals surface area contributed by atoms with Crippen molar-refractivity contribution in [3.05, 3.63) is 12.7 Å². The summed E-state index contributed by atoms with van der Waals surface area (Å²) in [7, 11) is 0. The van der Waals surface area contributed by atoms with E-state index in [2.05, 4.69) is 27.4 Å². The standard InChI is InChI=1S/C13H20O2.Ca.2H/c1-5-11(14)15-10-8-9-6-7-13(10,4)12(9,2)3;;;/h5,9-10H,1,6-8H2,2-4H3;;;/q;+2;2*-1/t9-,10?,13-;;;/m1.../s1. The van der Waals surface area contributed by atoms with Crippen molar-refractivity contribution in [1.82, 2.24) is 0 Å². The van der Waals surface area contributed by atoms with Gasteiger partial charge in [0.1, 0.15) is 6.10 Å². The van der Waals surface area contributed by atoms with Crippen molar-refractivity contribution >= 4 is 43.7 Å². The van der Waals surface area contributed by atoms with Crippen LogP contribution in [0.25, 0.3) is 0 Å². The molecule has 0 spiro atoms. The van der Waals surface area contributed by atoms with Gasteiger partial charge in [-0.25, -0.2) is 4.79 Å². The molecule has 0 aromatic heterocycles. The summed E-state index contributed by atoms with van der Waals surface area (Å²) in [5, 5.41) is 0. The van der Waals surface area contributed by atoms with Crippen molar-refractivity contribution in [2.45, 2.75) is 46.1 Å².